The molecule has 2 fully saturated rings. The number of hydrogen-bond donors (Lipinski definition) is 0. The first kappa shape index (κ1) is 18.3. The monoisotopic (exact) mass is 411 g/mol. The third kappa shape index (κ3) is 3.29. The SMILES string of the molecule is CCOC(=O)c1nc(Br)c(C)nc1N1CCC2(CC1)CO[C@@H](C)C2=O. The second kappa shape index (κ2) is 6.99. The smallest absolute Gasteiger partial charge is 0.360 e. The van der Waals surface area contributed by atoms with Gasteiger partial charge in [-0.05, 0) is 49.5 Å². The van der Waals surface area contributed by atoms with Gasteiger partial charge in [-0.3, -0.25) is 4.79 Å². The number of esters is 1. The van der Waals surface area contributed by atoms with Crippen LogP contribution >= 0.6 is 15.9 Å². The van der Waals surface area contributed by atoms with E-state index in [2.05, 4.69) is 25.9 Å². The number of rotatable bonds is 3. The predicted octanol–water partition coefficient (Wildman–Crippen LogP) is 2.30. The molecular weight excluding hydrogens is 390 g/mol. The normalized spacial score (nSPS) is 22.5. The average molecular weight is 412 g/mol. The van der Waals surface area contributed by atoms with E-state index in [4.69, 9.17) is 9.47 Å². The van der Waals surface area contributed by atoms with Gasteiger partial charge in [0, 0.05) is 13.1 Å². The first-order valence-electron chi connectivity index (χ1n) is 8.50. The summed E-state index contributed by atoms with van der Waals surface area (Å²) < 4.78 is 11.2. The zero-order valence-electron chi connectivity index (χ0n) is 14.7. The quantitative estimate of drug-likeness (QED) is 0.705. The van der Waals surface area contributed by atoms with Gasteiger partial charge in [0.1, 0.15) is 10.7 Å². The Labute approximate surface area is 155 Å². The maximum atomic E-state index is 12.4. The predicted molar refractivity (Wildman–Crippen MR) is 94.7 cm³/mol. The maximum Gasteiger partial charge on any atom is 0.360 e. The number of aryl methyl sites for hydroxylation is 1. The van der Waals surface area contributed by atoms with Gasteiger partial charge in [0.15, 0.2) is 17.3 Å². The fourth-order valence-corrected chi connectivity index (χ4v) is 3.71. The first-order valence-corrected chi connectivity index (χ1v) is 9.29. The number of anilines is 1. The summed E-state index contributed by atoms with van der Waals surface area (Å²) in [5.41, 5.74) is 0.521. The number of Topliss-reactive ketones (excluding diaryl/α,β-unsaturated/α-hetero) is 1. The molecule has 0 bridgehead atoms. The van der Waals surface area contributed by atoms with Crippen LogP contribution in [0.1, 0.15) is 42.9 Å². The van der Waals surface area contributed by atoms with E-state index >= 15 is 0 Å². The Bertz CT molecular complexity index is 701. The lowest BCUT2D eigenvalue weighted by molar-refractivity contribution is -0.128. The van der Waals surface area contributed by atoms with Crippen molar-refractivity contribution in [1.29, 1.82) is 0 Å². The molecule has 1 aromatic rings. The van der Waals surface area contributed by atoms with Gasteiger partial charge in [0.05, 0.1) is 24.3 Å². The molecule has 0 saturated carbocycles. The molecule has 0 N–H and O–H groups in total. The lowest BCUT2D eigenvalue weighted by Crippen LogP contribution is -2.45. The highest BCUT2D eigenvalue weighted by Gasteiger charge is 2.49. The van der Waals surface area contributed by atoms with Crippen LogP contribution in [0.3, 0.4) is 0 Å². The van der Waals surface area contributed by atoms with E-state index in [-0.39, 0.29) is 24.2 Å². The van der Waals surface area contributed by atoms with Gasteiger partial charge in [-0.1, -0.05) is 0 Å². The minimum absolute atomic E-state index is 0.191. The molecule has 0 aromatic carbocycles. The van der Waals surface area contributed by atoms with Crippen LogP contribution in [0.4, 0.5) is 5.82 Å². The molecule has 0 radical (unpaired) electrons. The molecule has 1 atom stereocenters. The third-order valence-electron chi connectivity index (χ3n) is 4.98. The summed E-state index contributed by atoms with van der Waals surface area (Å²) in [5, 5.41) is 0. The number of ketones is 1. The Morgan fingerprint density at radius 3 is 2.64 bits per heavy atom. The van der Waals surface area contributed by atoms with Crippen LogP contribution in [-0.4, -0.2) is 54.1 Å². The fourth-order valence-electron chi connectivity index (χ4n) is 3.44. The van der Waals surface area contributed by atoms with Gasteiger partial charge in [0.2, 0.25) is 0 Å². The highest BCUT2D eigenvalue weighted by molar-refractivity contribution is 9.10. The van der Waals surface area contributed by atoms with E-state index in [0.29, 0.717) is 48.7 Å². The lowest BCUT2D eigenvalue weighted by atomic mass is 9.76. The minimum Gasteiger partial charge on any atom is -0.461 e. The Morgan fingerprint density at radius 1 is 1.40 bits per heavy atom. The Morgan fingerprint density at radius 2 is 2.08 bits per heavy atom. The van der Waals surface area contributed by atoms with Crippen LogP contribution in [0, 0.1) is 12.3 Å². The van der Waals surface area contributed by atoms with E-state index in [1.807, 2.05) is 18.7 Å². The maximum absolute atomic E-state index is 12.4. The van der Waals surface area contributed by atoms with Crippen molar-refractivity contribution in [2.75, 3.05) is 31.2 Å². The molecule has 1 aromatic heterocycles. The number of ether oxygens (including phenoxy) is 2. The van der Waals surface area contributed by atoms with E-state index < -0.39 is 11.4 Å². The second-order valence-electron chi connectivity index (χ2n) is 6.58. The molecule has 2 saturated heterocycles. The first-order chi connectivity index (χ1) is 11.9. The molecular formula is C17H22BrN3O4. The van der Waals surface area contributed by atoms with E-state index in [1.54, 1.807) is 6.92 Å². The summed E-state index contributed by atoms with van der Waals surface area (Å²) in [4.78, 5) is 35.6. The summed E-state index contributed by atoms with van der Waals surface area (Å²) in [6, 6.07) is 0. The van der Waals surface area contributed by atoms with Gasteiger partial charge in [-0.15, -0.1) is 0 Å². The second-order valence-corrected chi connectivity index (χ2v) is 7.33. The van der Waals surface area contributed by atoms with Crippen LogP contribution in [0.25, 0.3) is 0 Å². The molecule has 3 heterocycles. The molecule has 7 nitrogen and oxygen atoms in total. The number of hydrogen-bond acceptors (Lipinski definition) is 7. The molecule has 0 unspecified atom stereocenters. The third-order valence-corrected chi connectivity index (χ3v) is 5.74. The highest BCUT2D eigenvalue weighted by Crippen LogP contribution is 2.40. The van der Waals surface area contributed by atoms with Gasteiger partial charge < -0.3 is 14.4 Å². The minimum atomic E-state index is -0.486. The van der Waals surface area contributed by atoms with Crippen molar-refractivity contribution >= 4 is 33.5 Å². The van der Waals surface area contributed by atoms with E-state index in [0.717, 1.165) is 0 Å². The molecule has 8 heteroatoms. The number of piperidine rings is 1. The standard InChI is InChI=1S/C17H22BrN3O4/c1-4-24-16(23)12-15(19-10(2)14(18)20-12)21-7-5-17(6-8-21)9-25-11(3)13(17)22/h11H,4-9H2,1-3H3/t11-/m0/s1. The van der Waals surface area contributed by atoms with Crippen molar-refractivity contribution in [3.05, 3.63) is 16.0 Å². The van der Waals surface area contributed by atoms with Crippen molar-refractivity contribution in [2.45, 2.75) is 39.7 Å². The largest absolute Gasteiger partial charge is 0.461 e. The number of halogens is 1. The molecule has 2 aliphatic heterocycles. The Balaban J connectivity index is 1.84. The Hall–Kier alpha value is -1.54. The fraction of sp³-hybridized carbons (Fsp3) is 0.647. The van der Waals surface area contributed by atoms with Crippen molar-refractivity contribution in [1.82, 2.24) is 9.97 Å². The zero-order valence-corrected chi connectivity index (χ0v) is 16.3. The van der Waals surface area contributed by atoms with Gasteiger partial charge in [0.25, 0.3) is 0 Å². The summed E-state index contributed by atoms with van der Waals surface area (Å²) >= 11 is 3.33. The highest BCUT2D eigenvalue weighted by atomic mass is 79.9. The molecule has 25 heavy (non-hydrogen) atoms. The Kier molecular flexibility index (Phi) is 5.11. The molecule has 3 rings (SSSR count). The lowest BCUT2D eigenvalue weighted by Gasteiger charge is -2.38. The van der Waals surface area contributed by atoms with Crippen molar-refractivity contribution < 1.29 is 19.1 Å². The van der Waals surface area contributed by atoms with E-state index in [9.17, 15) is 9.59 Å². The molecule has 136 valence electrons. The van der Waals surface area contributed by atoms with Crippen LogP contribution in [-0.2, 0) is 14.3 Å². The van der Waals surface area contributed by atoms with Crippen molar-refractivity contribution in [2.24, 2.45) is 5.41 Å². The van der Waals surface area contributed by atoms with Crippen molar-refractivity contribution in [3.63, 3.8) is 0 Å². The topological polar surface area (TPSA) is 81.6 Å². The van der Waals surface area contributed by atoms with Gasteiger partial charge in [-0.2, -0.15) is 0 Å². The number of carbonyl (C=O) groups is 2. The molecule has 1 spiro atoms. The molecule has 0 amide bonds. The summed E-state index contributed by atoms with van der Waals surface area (Å²) in [6.45, 7) is 7.41. The van der Waals surface area contributed by atoms with Crippen LogP contribution in [0.5, 0.6) is 0 Å². The van der Waals surface area contributed by atoms with Crippen LogP contribution in [0.15, 0.2) is 4.60 Å². The average Bonchev–Trinajstić information content (AvgIpc) is 2.87. The summed E-state index contributed by atoms with van der Waals surface area (Å²) in [5.74, 6) is 0.226. The van der Waals surface area contributed by atoms with Crippen LogP contribution in [0.2, 0.25) is 0 Å². The summed E-state index contributed by atoms with van der Waals surface area (Å²) in [6.07, 6.45) is 1.06. The van der Waals surface area contributed by atoms with E-state index in [1.165, 1.54) is 0 Å². The van der Waals surface area contributed by atoms with Gasteiger partial charge >= 0.3 is 5.97 Å². The van der Waals surface area contributed by atoms with Crippen molar-refractivity contribution in [3.8, 4) is 0 Å². The summed E-state index contributed by atoms with van der Waals surface area (Å²) in [7, 11) is 0. The number of carbonyl (C=O) groups excluding carboxylic acids is 2. The molecule has 2 aliphatic rings. The zero-order chi connectivity index (χ0) is 18.2. The number of nitrogens with zero attached hydrogens (tertiary/aromatic N) is 3. The van der Waals surface area contributed by atoms with Crippen LogP contribution < -0.4 is 4.90 Å². The molecule has 0 aliphatic carbocycles. The van der Waals surface area contributed by atoms with Gasteiger partial charge in [-0.25, -0.2) is 14.8 Å². The number of aromatic nitrogens is 2.